The predicted molar refractivity (Wildman–Crippen MR) is 111 cm³/mol. The van der Waals surface area contributed by atoms with Gasteiger partial charge in [0, 0.05) is 31.9 Å². The molecule has 1 N–H and O–H groups in total. The summed E-state index contributed by atoms with van der Waals surface area (Å²) in [4.78, 5) is 14.3. The molecule has 1 fully saturated rings. The van der Waals surface area contributed by atoms with Gasteiger partial charge in [0.25, 0.3) is 0 Å². The minimum absolute atomic E-state index is 0.0310. The quantitative estimate of drug-likeness (QED) is 0.812. The van der Waals surface area contributed by atoms with Crippen LogP contribution in [0.2, 0.25) is 0 Å². The summed E-state index contributed by atoms with van der Waals surface area (Å²) in [6, 6.07) is 13.9. The van der Waals surface area contributed by atoms with E-state index < -0.39 is 10.0 Å². The number of carbonyl (C=O) groups is 1. The number of nitrogens with one attached hydrogen (secondary N) is 1. The van der Waals surface area contributed by atoms with Crippen molar-refractivity contribution < 1.29 is 13.2 Å². The molecule has 1 amide bonds. The maximum absolute atomic E-state index is 12.9. The van der Waals surface area contributed by atoms with E-state index in [-0.39, 0.29) is 36.0 Å². The fourth-order valence-electron chi connectivity index (χ4n) is 3.27. The van der Waals surface area contributed by atoms with Gasteiger partial charge in [-0.15, -0.1) is 0 Å². The number of nitriles is 1. The Bertz CT molecular complexity index is 1050. The molecule has 0 bridgehead atoms. The highest BCUT2D eigenvalue weighted by atomic mass is 32.2. The van der Waals surface area contributed by atoms with E-state index in [0.29, 0.717) is 13.1 Å². The van der Waals surface area contributed by atoms with Gasteiger partial charge in [0.15, 0.2) is 0 Å². The second-order valence-electron chi connectivity index (χ2n) is 7.14. The predicted octanol–water partition coefficient (Wildman–Crippen LogP) is 2.12. The molecule has 1 saturated heterocycles. The van der Waals surface area contributed by atoms with Crippen LogP contribution in [0.25, 0.3) is 0 Å². The summed E-state index contributed by atoms with van der Waals surface area (Å²) in [7, 11) is -3.73. The number of aryl methyl sites for hydroxylation is 2. The van der Waals surface area contributed by atoms with Gasteiger partial charge >= 0.3 is 0 Å². The number of hydrogen-bond acceptors (Lipinski definition) is 5. The minimum atomic E-state index is -3.73. The standard InChI is InChI=1S/C21H24N4O3S/c1-16-7-8-19(13-17(16)2)23-21(26)15-24-9-11-25(12-10-24)29(27,28)20-6-4-3-5-18(20)14-22/h3-8,13H,9-12,15H2,1-2H3,(H,23,26). The summed E-state index contributed by atoms with van der Waals surface area (Å²) in [5.74, 6) is -0.126. The number of nitrogens with zero attached hydrogens (tertiary/aromatic N) is 3. The molecule has 0 aromatic heterocycles. The van der Waals surface area contributed by atoms with Gasteiger partial charge in [-0.2, -0.15) is 9.57 Å². The van der Waals surface area contributed by atoms with Crippen molar-refractivity contribution in [3.8, 4) is 6.07 Å². The molecule has 1 heterocycles. The van der Waals surface area contributed by atoms with E-state index in [1.54, 1.807) is 12.1 Å². The van der Waals surface area contributed by atoms with E-state index in [2.05, 4.69) is 5.32 Å². The van der Waals surface area contributed by atoms with E-state index in [1.165, 1.54) is 22.0 Å². The van der Waals surface area contributed by atoms with Crippen LogP contribution in [0.5, 0.6) is 0 Å². The number of amides is 1. The molecule has 1 aliphatic heterocycles. The summed E-state index contributed by atoms with van der Waals surface area (Å²) in [6.07, 6.45) is 0. The number of benzene rings is 2. The van der Waals surface area contributed by atoms with Crippen molar-refractivity contribution >= 4 is 21.6 Å². The van der Waals surface area contributed by atoms with Gasteiger partial charge in [-0.25, -0.2) is 8.42 Å². The van der Waals surface area contributed by atoms with Crippen LogP contribution in [0.4, 0.5) is 5.69 Å². The Morgan fingerprint density at radius 3 is 2.41 bits per heavy atom. The topological polar surface area (TPSA) is 93.5 Å². The molecule has 0 radical (unpaired) electrons. The molecule has 0 unspecified atom stereocenters. The third kappa shape index (κ3) is 4.82. The van der Waals surface area contributed by atoms with Gasteiger partial charge in [-0.1, -0.05) is 18.2 Å². The third-order valence-electron chi connectivity index (χ3n) is 5.11. The number of piperazine rings is 1. The second-order valence-corrected chi connectivity index (χ2v) is 9.04. The Balaban J connectivity index is 1.58. The largest absolute Gasteiger partial charge is 0.325 e. The van der Waals surface area contributed by atoms with Crippen molar-refractivity contribution in [1.29, 1.82) is 5.26 Å². The summed E-state index contributed by atoms with van der Waals surface area (Å²) in [5, 5.41) is 12.1. The summed E-state index contributed by atoms with van der Waals surface area (Å²) in [6.45, 7) is 5.68. The maximum atomic E-state index is 12.9. The second kappa shape index (κ2) is 8.74. The first-order chi connectivity index (χ1) is 13.8. The SMILES string of the molecule is Cc1ccc(NC(=O)CN2CCN(S(=O)(=O)c3ccccc3C#N)CC2)cc1C. The Morgan fingerprint density at radius 1 is 1.07 bits per heavy atom. The summed E-state index contributed by atoms with van der Waals surface area (Å²) in [5.41, 5.74) is 3.17. The highest BCUT2D eigenvalue weighted by Gasteiger charge is 2.30. The first kappa shape index (κ1) is 21.0. The lowest BCUT2D eigenvalue weighted by atomic mass is 10.1. The van der Waals surface area contributed by atoms with Crippen molar-refractivity contribution in [2.75, 3.05) is 38.0 Å². The van der Waals surface area contributed by atoms with E-state index in [1.807, 2.05) is 43.0 Å². The number of hydrogen-bond donors (Lipinski definition) is 1. The zero-order chi connectivity index (χ0) is 21.0. The maximum Gasteiger partial charge on any atom is 0.244 e. The fraction of sp³-hybridized carbons (Fsp3) is 0.333. The van der Waals surface area contributed by atoms with Crippen LogP contribution in [0, 0.1) is 25.2 Å². The number of rotatable bonds is 5. The van der Waals surface area contributed by atoms with Gasteiger partial charge < -0.3 is 5.32 Å². The van der Waals surface area contributed by atoms with Crippen LogP contribution in [-0.2, 0) is 14.8 Å². The summed E-state index contributed by atoms with van der Waals surface area (Å²) >= 11 is 0. The average molecular weight is 413 g/mol. The van der Waals surface area contributed by atoms with Crippen molar-refractivity contribution in [3.63, 3.8) is 0 Å². The molecule has 8 heteroatoms. The fourth-order valence-corrected chi connectivity index (χ4v) is 4.84. The first-order valence-corrected chi connectivity index (χ1v) is 10.8. The zero-order valence-corrected chi connectivity index (χ0v) is 17.4. The highest BCUT2D eigenvalue weighted by molar-refractivity contribution is 7.89. The van der Waals surface area contributed by atoms with Crippen molar-refractivity contribution in [1.82, 2.24) is 9.21 Å². The lowest BCUT2D eigenvalue weighted by Crippen LogP contribution is -2.50. The monoisotopic (exact) mass is 412 g/mol. The van der Waals surface area contributed by atoms with E-state index in [4.69, 9.17) is 0 Å². The molecule has 0 spiro atoms. The zero-order valence-electron chi connectivity index (χ0n) is 16.6. The van der Waals surface area contributed by atoms with Crippen molar-refractivity contribution in [2.45, 2.75) is 18.7 Å². The van der Waals surface area contributed by atoms with Crippen LogP contribution in [0.15, 0.2) is 47.4 Å². The van der Waals surface area contributed by atoms with Gasteiger partial charge in [0.05, 0.1) is 17.0 Å². The van der Waals surface area contributed by atoms with Gasteiger partial charge in [-0.05, 0) is 49.2 Å². The van der Waals surface area contributed by atoms with Crippen LogP contribution in [-0.4, -0.2) is 56.3 Å². The highest BCUT2D eigenvalue weighted by Crippen LogP contribution is 2.21. The van der Waals surface area contributed by atoms with E-state index in [0.717, 1.165) is 11.3 Å². The molecule has 7 nitrogen and oxygen atoms in total. The Kier molecular flexibility index (Phi) is 6.33. The molecule has 0 saturated carbocycles. The molecule has 152 valence electrons. The number of carbonyl (C=O) groups excluding carboxylic acids is 1. The molecule has 2 aromatic rings. The number of anilines is 1. The lowest BCUT2D eigenvalue weighted by molar-refractivity contribution is -0.117. The van der Waals surface area contributed by atoms with Crippen LogP contribution in [0.3, 0.4) is 0 Å². The number of sulfonamides is 1. The molecule has 3 rings (SSSR count). The van der Waals surface area contributed by atoms with Gasteiger partial charge in [0.2, 0.25) is 15.9 Å². The van der Waals surface area contributed by atoms with Crippen LogP contribution in [0.1, 0.15) is 16.7 Å². The smallest absolute Gasteiger partial charge is 0.244 e. The molecular formula is C21H24N4O3S. The minimum Gasteiger partial charge on any atom is -0.325 e. The third-order valence-corrected chi connectivity index (χ3v) is 7.07. The molecule has 1 aliphatic rings. The van der Waals surface area contributed by atoms with Crippen LogP contribution >= 0.6 is 0 Å². The van der Waals surface area contributed by atoms with Gasteiger partial charge in [-0.3, -0.25) is 9.69 Å². The Labute approximate surface area is 171 Å². The summed E-state index contributed by atoms with van der Waals surface area (Å²) < 4.78 is 27.1. The Morgan fingerprint density at radius 2 is 1.76 bits per heavy atom. The van der Waals surface area contributed by atoms with Crippen LogP contribution < -0.4 is 5.32 Å². The van der Waals surface area contributed by atoms with E-state index >= 15 is 0 Å². The molecule has 0 aliphatic carbocycles. The van der Waals surface area contributed by atoms with E-state index in [9.17, 15) is 18.5 Å². The molecule has 0 atom stereocenters. The lowest BCUT2D eigenvalue weighted by Gasteiger charge is -2.33. The van der Waals surface area contributed by atoms with Gasteiger partial charge in [0.1, 0.15) is 6.07 Å². The molecular weight excluding hydrogens is 388 g/mol. The normalized spacial score (nSPS) is 15.6. The Hall–Kier alpha value is -2.73. The van der Waals surface area contributed by atoms with Crippen molar-refractivity contribution in [3.05, 3.63) is 59.2 Å². The average Bonchev–Trinajstić information content (AvgIpc) is 2.71. The van der Waals surface area contributed by atoms with Crippen molar-refractivity contribution in [2.24, 2.45) is 0 Å². The first-order valence-electron chi connectivity index (χ1n) is 9.40. The molecule has 29 heavy (non-hydrogen) atoms. The molecule has 2 aromatic carbocycles.